The van der Waals surface area contributed by atoms with Gasteiger partial charge in [-0.25, -0.2) is 0 Å². The van der Waals surface area contributed by atoms with E-state index in [9.17, 15) is 4.79 Å². The molecule has 1 atom stereocenters. The fraction of sp³-hybridized carbons (Fsp3) is 0.346. The van der Waals surface area contributed by atoms with E-state index in [-0.39, 0.29) is 11.9 Å². The van der Waals surface area contributed by atoms with Crippen molar-refractivity contribution in [1.82, 2.24) is 14.5 Å². The number of pyridine rings is 1. The molecular formula is C26H26N4O. The molecule has 1 amide bonds. The molecule has 2 aromatic heterocycles. The predicted molar refractivity (Wildman–Crippen MR) is 122 cm³/mol. The Morgan fingerprint density at radius 2 is 2.00 bits per heavy atom. The summed E-state index contributed by atoms with van der Waals surface area (Å²) in [4.78, 5) is 25.0. The lowest BCUT2D eigenvalue weighted by molar-refractivity contribution is 0.0647. The van der Waals surface area contributed by atoms with E-state index in [0.717, 1.165) is 60.8 Å². The molecule has 0 bridgehead atoms. The van der Waals surface area contributed by atoms with Crippen LogP contribution in [0.4, 0.5) is 0 Å². The first-order valence-corrected chi connectivity index (χ1v) is 11.3. The van der Waals surface area contributed by atoms with E-state index in [2.05, 4.69) is 37.8 Å². The molecule has 3 heterocycles. The second kappa shape index (κ2) is 7.49. The third-order valence-electron chi connectivity index (χ3n) is 6.89. The van der Waals surface area contributed by atoms with Gasteiger partial charge >= 0.3 is 0 Å². The van der Waals surface area contributed by atoms with Gasteiger partial charge in [-0.2, -0.15) is 0 Å². The largest absolute Gasteiger partial charge is 0.341 e. The van der Waals surface area contributed by atoms with Crippen LogP contribution in [0.1, 0.15) is 48.2 Å². The van der Waals surface area contributed by atoms with Gasteiger partial charge in [-0.05, 0) is 73.6 Å². The Bertz CT molecular complexity index is 1200. The van der Waals surface area contributed by atoms with Gasteiger partial charge in [0.2, 0.25) is 0 Å². The summed E-state index contributed by atoms with van der Waals surface area (Å²) in [5.74, 6) is 0.188. The molecular weight excluding hydrogens is 384 g/mol. The van der Waals surface area contributed by atoms with Gasteiger partial charge in [-0.15, -0.1) is 0 Å². The maximum absolute atomic E-state index is 13.9. The zero-order valence-electron chi connectivity index (χ0n) is 17.6. The first kappa shape index (κ1) is 18.6. The molecule has 1 unspecified atom stereocenters. The highest BCUT2D eigenvalue weighted by Gasteiger charge is 2.40. The summed E-state index contributed by atoms with van der Waals surface area (Å²) in [6.07, 6.45) is 11.3. The quantitative estimate of drug-likeness (QED) is 0.616. The number of carbonyl (C=O) groups is 1. The molecule has 1 aromatic carbocycles. The van der Waals surface area contributed by atoms with Crippen LogP contribution in [0.5, 0.6) is 0 Å². The Labute approximate surface area is 182 Å². The molecule has 0 radical (unpaired) electrons. The van der Waals surface area contributed by atoms with Crippen molar-refractivity contribution in [2.75, 3.05) is 6.54 Å². The Morgan fingerprint density at radius 1 is 1.06 bits per heavy atom. The van der Waals surface area contributed by atoms with E-state index >= 15 is 0 Å². The van der Waals surface area contributed by atoms with Crippen molar-refractivity contribution in [3.63, 3.8) is 0 Å². The summed E-state index contributed by atoms with van der Waals surface area (Å²) in [5, 5.41) is 1.03. The lowest BCUT2D eigenvalue weighted by atomic mass is 9.88. The fourth-order valence-electron chi connectivity index (χ4n) is 5.17. The molecule has 1 aliphatic heterocycles. The molecule has 5 nitrogen and oxygen atoms in total. The van der Waals surface area contributed by atoms with Crippen LogP contribution in [-0.2, 0) is 6.54 Å². The lowest BCUT2D eigenvalue weighted by Crippen LogP contribution is -2.43. The van der Waals surface area contributed by atoms with Crippen LogP contribution < -0.4 is 0 Å². The van der Waals surface area contributed by atoms with E-state index < -0.39 is 0 Å². The van der Waals surface area contributed by atoms with Gasteiger partial charge in [0.25, 0.3) is 5.91 Å². The van der Waals surface area contributed by atoms with Crippen LogP contribution in [-0.4, -0.2) is 45.2 Å². The normalized spacial score (nSPS) is 20.3. The molecule has 2 aliphatic carbocycles. The maximum Gasteiger partial charge on any atom is 0.255 e. The monoisotopic (exact) mass is 410 g/mol. The van der Waals surface area contributed by atoms with E-state index in [1.807, 2.05) is 42.7 Å². The fourth-order valence-corrected chi connectivity index (χ4v) is 5.17. The van der Waals surface area contributed by atoms with Crippen molar-refractivity contribution >= 4 is 23.0 Å². The number of nitrogens with zero attached hydrogens (tertiary/aromatic N) is 4. The van der Waals surface area contributed by atoms with Crippen molar-refractivity contribution in [3.8, 4) is 0 Å². The smallest absolute Gasteiger partial charge is 0.255 e. The van der Waals surface area contributed by atoms with Crippen molar-refractivity contribution in [1.29, 1.82) is 0 Å². The number of fused-ring (bicyclic) bond motifs is 1. The summed E-state index contributed by atoms with van der Waals surface area (Å²) in [6.45, 7) is 1.57. The first-order valence-electron chi connectivity index (χ1n) is 11.3. The highest BCUT2D eigenvalue weighted by Crippen LogP contribution is 2.38. The van der Waals surface area contributed by atoms with Gasteiger partial charge in [0.15, 0.2) is 0 Å². The van der Waals surface area contributed by atoms with Gasteiger partial charge in [0.05, 0.1) is 18.8 Å². The van der Waals surface area contributed by atoms with Crippen molar-refractivity contribution < 1.29 is 4.79 Å². The number of aromatic nitrogens is 2. The summed E-state index contributed by atoms with van der Waals surface area (Å²) in [6, 6.07) is 14.9. The van der Waals surface area contributed by atoms with Gasteiger partial charge in [-0.3, -0.25) is 14.8 Å². The lowest BCUT2D eigenvalue weighted by Gasteiger charge is -2.35. The number of rotatable bonds is 5. The minimum absolute atomic E-state index is 0.188. The summed E-state index contributed by atoms with van der Waals surface area (Å²) >= 11 is 0. The summed E-state index contributed by atoms with van der Waals surface area (Å²) in [5.41, 5.74) is 5.77. The zero-order valence-corrected chi connectivity index (χ0v) is 17.6. The number of benzene rings is 1. The third-order valence-corrected chi connectivity index (χ3v) is 6.89. The second-order valence-electron chi connectivity index (χ2n) is 8.94. The number of carbonyl (C=O) groups excluding carboxylic acids is 1. The minimum Gasteiger partial charge on any atom is -0.341 e. The Kier molecular flexibility index (Phi) is 4.48. The van der Waals surface area contributed by atoms with Gasteiger partial charge in [-0.1, -0.05) is 12.1 Å². The highest BCUT2D eigenvalue weighted by molar-refractivity contribution is 6.07. The van der Waals surface area contributed by atoms with Crippen molar-refractivity contribution in [2.45, 2.75) is 50.7 Å². The van der Waals surface area contributed by atoms with E-state index in [1.54, 1.807) is 0 Å². The minimum atomic E-state index is 0.188. The molecule has 156 valence electrons. The Hall–Kier alpha value is -3.21. The van der Waals surface area contributed by atoms with Crippen LogP contribution in [0.25, 0.3) is 10.9 Å². The first-order chi connectivity index (χ1) is 15.3. The number of hydrogen-bond acceptors (Lipinski definition) is 3. The average Bonchev–Trinajstić information content (AvgIpc) is 3.37. The SMILES string of the molecule is O=C(c1cccc2c1ccn2Cc1ccccn1)N(C1CC1)C1CCC2=C(C=NC2)C1. The predicted octanol–water partition coefficient (Wildman–Crippen LogP) is 4.62. The van der Waals surface area contributed by atoms with E-state index in [1.165, 1.54) is 11.1 Å². The zero-order chi connectivity index (χ0) is 20.8. The van der Waals surface area contributed by atoms with Crippen LogP contribution in [0.2, 0.25) is 0 Å². The molecule has 0 spiro atoms. The molecule has 3 aliphatic rings. The van der Waals surface area contributed by atoms with Crippen molar-refractivity contribution in [2.24, 2.45) is 4.99 Å². The van der Waals surface area contributed by atoms with Crippen molar-refractivity contribution in [3.05, 3.63) is 77.3 Å². The summed E-state index contributed by atoms with van der Waals surface area (Å²) in [7, 11) is 0. The van der Waals surface area contributed by atoms with Gasteiger partial charge < -0.3 is 9.47 Å². The summed E-state index contributed by atoms with van der Waals surface area (Å²) < 4.78 is 2.18. The molecule has 0 N–H and O–H groups in total. The molecule has 6 rings (SSSR count). The number of amides is 1. The van der Waals surface area contributed by atoms with Crippen LogP contribution in [0, 0.1) is 0 Å². The molecule has 5 heteroatoms. The Morgan fingerprint density at radius 3 is 2.84 bits per heavy atom. The van der Waals surface area contributed by atoms with E-state index in [0.29, 0.717) is 12.6 Å². The molecule has 3 aromatic rings. The maximum atomic E-state index is 13.9. The molecule has 1 fully saturated rings. The van der Waals surface area contributed by atoms with Gasteiger partial charge in [0, 0.05) is 47.2 Å². The standard InChI is InChI=1S/C26H26N4O/c31-26(30(21-9-10-21)22-8-7-18-15-27-16-19(18)14-22)24-5-3-6-25-23(24)11-13-29(25)17-20-4-1-2-12-28-20/h1-6,11-13,16,21-22H,7-10,14-15,17H2. The molecule has 1 saturated carbocycles. The van der Waals surface area contributed by atoms with Crippen LogP contribution in [0.3, 0.4) is 0 Å². The van der Waals surface area contributed by atoms with Crippen LogP contribution in [0.15, 0.2) is 71.0 Å². The topological polar surface area (TPSA) is 50.5 Å². The third kappa shape index (κ3) is 3.38. The molecule has 0 saturated heterocycles. The molecule has 31 heavy (non-hydrogen) atoms. The Balaban J connectivity index is 1.32. The van der Waals surface area contributed by atoms with E-state index in [4.69, 9.17) is 0 Å². The second-order valence-corrected chi connectivity index (χ2v) is 8.94. The average molecular weight is 411 g/mol. The van der Waals surface area contributed by atoms with Crippen LogP contribution >= 0.6 is 0 Å². The number of hydrogen-bond donors (Lipinski definition) is 0. The van der Waals surface area contributed by atoms with Gasteiger partial charge in [0.1, 0.15) is 0 Å². The number of aliphatic imine (C=N–C) groups is 1. The highest BCUT2D eigenvalue weighted by atomic mass is 16.2.